The van der Waals surface area contributed by atoms with E-state index >= 15 is 0 Å². The lowest BCUT2D eigenvalue weighted by Crippen LogP contribution is -2.46. The summed E-state index contributed by atoms with van der Waals surface area (Å²) < 4.78 is 10.9. The minimum absolute atomic E-state index is 0.305. The van der Waals surface area contributed by atoms with Crippen molar-refractivity contribution in [1.82, 2.24) is 5.32 Å². The number of esters is 1. The molecule has 41 heavy (non-hydrogen) atoms. The fraction of sp³-hybridized carbons (Fsp3) is 0.290. The number of para-hydroxylation sites is 1. The molecule has 0 radical (unpaired) electrons. The normalized spacial score (nSPS) is 10.8. The van der Waals surface area contributed by atoms with E-state index in [1.807, 2.05) is 37.3 Å². The number of nitrogens with zero attached hydrogens (tertiary/aromatic N) is 2. The molecule has 0 saturated heterocycles. The third-order valence-corrected chi connectivity index (χ3v) is 5.69. The number of hydrogen-bond acceptors (Lipinski definition) is 6. The van der Waals surface area contributed by atoms with Crippen molar-refractivity contribution in [2.24, 2.45) is 0 Å². The molecule has 4 amide bonds. The Kier molecular flexibility index (Phi) is 10.5. The van der Waals surface area contributed by atoms with Gasteiger partial charge in [-0.15, -0.1) is 0 Å². The van der Waals surface area contributed by atoms with Crippen LogP contribution in [-0.2, 0) is 19.1 Å². The van der Waals surface area contributed by atoms with Crippen molar-refractivity contribution in [2.45, 2.75) is 33.3 Å². The predicted molar refractivity (Wildman–Crippen MR) is 158 cm³/mol. The molecule has 3 rings (SSSR count). The summed E-state index contributed by atoms with van der Waals surface area (Å²) in [6.45, 7) is 6.17. The second kappa shape index (κ2) is 14.0. The topological polar surface area (TPSA) is 117 Å². The minimum atomic E-state index is -0.657. The van der Waals surface area contributed by atoms with Crippen LogP contribution in [0, 0.1) is 6.92 Å². The molecular weight excluding hydrogens is 524 g/mol. The van der Waals surface area contributed by atoms with Gasteiger partial charge in [0, 0.05) is 30.2 Å². The van der Waals surface area contributed by atoms with Crippen molar-refractivity contribution >= 4 is 40.9 Å². The summed E-state index contributed by atoms with van der Waals surface area (Å²) >= 11 is 0. The summed E-state index contributed by atoms with van der Waals surface area (Å²) in [4.78, 5) is 53.9. The molecule has 216 valence electrons. The average molecular weight is 561 g/mol. The van der Waals surface area contributed by atoms with Crippen LogP contribution in [0.15, 0.2) is 78.9 Å². The molecule has 3 aromatic rings. The molecule has 0 fully saturated rings. The van der Waals surface area contributed by atoms with Crippen molar-refractivity contribution in [3.63, 3.8) is 0 Å². The second-order valence-corrected chi connectivity index (χ2v) is 10.3. The molecule has 0 saturated carbocycles. The molecule has 0 aliphatic rings. The summed E-state index contributed by atoms with van der Waals surface area (Å²) in [6.07, 6.45) is 0. The molecule has 0 aliphatic heterocycles. The first-order valence-electron chi connectivity index (χ1n) is 13.1. The number of carbonyl (C=O) groups excluding carboxylic acids is 4. The van der Waals surface area contributed by atoms with E-state index in [2.05, 4.69) is 10.6 Å². The van der Waals surface area contributed by atoms with Crippen LogP contribution < -0.4 is 25.2 Å². The van der Waals surface area contributed by atoms with Gasteiger partial charge < -0.3 is 29.9 Å². The minimum Gasteiger partial charge on any atom is -0.482 e. The fourth-order valence-electron chi connectivity index (χ4n) is 3.76. The third-order valence-electron chi connectivity index (χ3n) is 5.69. The smallest absolute Gasteiger partial charge is 0.344 e. The first-order chi connectivity index (χ1) is 19.4. The maximum absolute atomic E-state index is 13.4. The van der Waals surface area contributed by atoms with Gasteiger partial charge in [0.15, 0.2) is 6.61 Å². The Morgan fingerprint density at radius 3 is 2.20 bits per heavy atom. The van der Waals surface area contributed by atoms with Crippen molar-refractivity contribution in [2.75, 3.05) is 41.9 Å². The van der Waals surface area contributed by atoms with Crippen molar-refractivity contribution in [1.29, 1.82) is 0 Å². The summed E-state index contributed by atoms with van der Waals surface area (Å²) in [6, 6.07) is 22.2. The largest absolute Gasteiger partial charge is 0.482 e. The molecule has 0 heterocycles. The number of benzene rings is 3. The van der Waals surface area contributed by atoms with Crippen LogP contribution in [0.3, 0.4) is 0 Å². The van der Waals surface area contributed by atoms with Crippen LogP contribution in [0.2, 0.25) is 0 Å². The van der Waals surface area contributed by atoms with E-state index in [1.54, 1.807) is 76.3 Å². The lowest BCUT2D eigenvalue weighted by molar-refractivity contribution is -0.157. The highest BCUT2D eigenvalue weighted by Gasteiger charge is 2.23. The number of aryl methyl sites for hydroxylation is 1. The number of amides is 4. The van der Waals surface area contributed by atoms with Gasteiger partial charge in [-0.3, -0.25) is 9.59 Å². The van der Waals surface area contributed by atoms with Gasteiger partial charge in [0.1, 0.15) is 17.9 Å². The number of urea groups is 1. The molecule has 10 heteroatoms. The van der Waals surface area contributed by atoms with E-state index in [9.17, 15) is 19.2 Å². The van der Waals surface area contributed by atoms with E-state index in [-0.39, 0.29) is 25.6 Å². The van der Waals surface area contributed by atoms with Crippen molar-refractivity contribution < 1.29 is 28.7 Å². The summed E-state index contributed by atoms with van der Waals surface area (Å²) in [5.41, 5.74) is 1.92. The number of nitrogens with one attached hydrogen (secondary N) is 2. The van der Waals surface area contributed by atoms with E-state index in [0.717, 1.165) is 5.56 Å². The maximum atomic E-state index is 13.4. The zero-order valence-electron chi connectivity index (χ0n) is 24.0. The molecule has 0 aromatic heterocycles. The second-order valence-electron chi connectivity index (χ2n) is 10.3. The average Bonchev–Trinajstić information content (AvgIpc) is 2.92. The third kappa shape index (κ3) is 9.99. The Bertz CT molecular complexity index is 1370. The quantitative estimate of drug-likeness (QED) is 0.352. The first-order valence-corrected chi connectivity index (χ1v) is 13.1. The van der Waals surface area contributed by atoms with Crippen molar-refractivity contribution in [3.05, 3.63) is 84.4 Å². The predicted octanol–water partition coefficient (Wildman–Crippen LogP) is 4.53. The van der Waals surface area contributed by atoms with E-state index in [4.69, 9.17) is 9.47 Å². The Balaban J connectivity index is 1.75. The van der Waals surface area contributed by atoms with E-state index in [1.165, 1.54) is 9.80 Å². The van der Waals surface area contributed by atoms with Gasteiger partial charge in [-0.05, 0) is 69.7 Å². The zero-order chi connectivity index (χ0) is 30.0. The number of anilines is 3. The highest BCUT2D eigenvalue weighted by atomic mass is 16.6. The lowest BCUT2D eigenvalue weighted by Gasteiger charge is -2.26. The number of hydrogen-bond donors (Lipinski definition) is 2. The van der Waals surface area contributed by atoms with Gasteiger partial charge in [-0.25, -0.2) is 9.59 Å². The van der Waals surface area contributed by atoms with Crippen LogP contribution in [-0.4, -0.2) is 56.2 Å². The number of ether oxygens (including phenoxy) is 2. The van der Waals surface area contributed by atoms with E-state index in [0.29, 0.717) is 22.8 Å². The maximum Gasteiger partial charge on any atom is 0.344 e. The van der Waals surface area contributed by atoms with Gasteiger partial charge in [0.05, 0.1) is 6.54 Å². The summed E-state index contributed by atoms with van der Waals surface area (Å²) in [5, 5.41) is 5.24. The Morgan fingerprint density at radius 1 is 0.829 bits per heavy atom. The molecule has 0 spiro atoms. The number of rotatable bonds is 10. The molecule has 0 bridgehead atoms. The van der Waals surface area contributed by atoms with Gasteiger partial charge in [-0.2, -0.15) is 0 Å². The summed E-state index contributed by atoms with van der Waals surface area (Å²) in [7, 11) is 1.62. The van der Waals surface area contributed by atoms with Crippen LogP contribution in [0.4, 0.5) is 21.9 Å². The number of likely N-dealkylation sites (N-methyl/N-ethyl adjacent to an activating group) is 1. The van der Waals surface area contributed by atoms with Crippen molar-refractivity contribution in [3.8, 4) is 5.75 Å². The van der Waals surface area contributed by atoms with Crippen LogP contribution in [0.25, 0.3) is 0 Å². The van der Waals surface area contributed by atoms with Crippen LogP contribution >= 0.6 is 0 Å². The molecule has 2 N–H and O–H groups in total. The highest BCUT2D eigenvalue weighted by Crippen LogP contribution is 2.23. The van der Waals surface area contributed by atoms with E-state index < -0.39 is 23.5 Å². The number of carbonyl (C=O) groups is 4. The van der Waals surface area contributed by atoms with Gasteiger partial charge in [0.2, 0.25) is 11.8 Å². The molecule has 3 aromatic carbocycles. The molecule has 0 atom stereocenters. The fourth-order valence-corrected chi connectivity index (χ4v) is 3.76. The summed E-state index contributed by atoms with van der Waals surface area (Å²) in [5.74, 6) is -1.11. The van der Waals surface area contributed by atoms with Gasteiger partial charge in [0.25, 0.3) is 0 Å². The SMILES string of the molecule is Cc1cccc(NC(=O)NCC(=O)N(CC(=O)N(C)c2ccccc2)c2cccc(OCC(=O)OC(C)(C)C)c2)c1. The molecule has 0 aliphatic carbocycles. The molecule has 0 unspecified atom stereocenters. The first kappa shape index (κ1) is 30.7. The zero-order valence-corrected chi connectivity index (χ0v) is 24.0. The monoisotopic (exact) mass is 560 g/mol. The lowest BCUT2D eigenvalue weighted by atomic mass is 10.2. The Hall–Kier alpha value is -4.86. The van der Waals surface area contributed by atoms with Gasteiger partial charge >= 0.3 is 12.0 Å². The highest BCUT2D eigenvalue weighted by molar-refractivity contribution is 6.05. The van der Waals surface area contributed by atoms with Crippen LogP contribution in [0.1, 0.15) is 26.3 Å². The standard InChI is InChI=1S/C31H36N4O6/c1-22-11-9-12-23(17-22)33-30(39)32-19-27(36)35(20-28(37)34(5)24-13-7-6-8-14-24)25-15-10-16-26(18-25)40-21-29(38)41-31(2,3)4/h6-18H,19-21H2,1-5H3,(H2,32,33,39). The Morgan fingerprint density at radius 2 is 1.51 bits per heavy atom. The van der Waals surface area contributed by atoms with Gasteiger partial charge in [-0.1, -0.05) is 36.4 Å². The molecular formula is C31H36N4O6. The van der Waals surface area contributed by atoms with Crippen LogP contribution in [0.5, 0.6) is 5.75 Å². The Labute approximate surface area is 240 Å². The molecule has 10 nitrogen and oxygen atoms in total.